The second-order valence-corrected chi connectivity index (χ2v) is 11.9. The molecule has 2 amide bonds. The first-order valence-electron chi connectivity index (χ1n) is 14.8. The van der Waals surface area contributed by atoms with E-state index in [9.17, 15) is 27.2 Å². The smallest absolute Gasteiger partial charge is 0.345 e. The lowest BCUT2D eigenvalue weighted by Gasteiger charge is -2.46. The highest BCUT2D eigenvalue weighted by Gasteiger charge is 2.52. The van der Waals surface area contributed by atoms with E-state index >= 15 is 0 Å². The molecule has 1 spiro atoms. The molecule has 2 aliphatic rings. The highest BCUT2D eigenvalue weighted by molar-refractivity contribution is 6.46. The molecule has 9 nitrogen and oxygen atoms in total. The zero-order valence-corrected chi connectivity index (χ0v) is 24.8. The molecule has 2 heterocycles. The summed E-state index contributed by atoms with van der Waals surface area (Å²) >= 11 is 0. The number of nitrogens with zero attached hydrogens (tertiary/aromatic N) is 5. The quantitative estimate of drug-likeness (QED) is 0.287. The molecule has 234 valence electrons. The molecule has 5 rings (SSSR count). The van der Waals surface area contributed by atoms with Gasteiger partial charge in [-0.2, -0.15) is 18.4 Å². The third-order valence-corrected chi connectivity index (χ3v) is 8.69. The van der Waals surface area contributed by atoms with Crippen LogP contribution in [-0.2, 0) is 17.5 Å². The molecule has 1 aliphatic carbocycles. The maximum Gasteiger partial charge on any atom is 0.416 e. The first-order chi connectivity index (χ1) is 20.9. The summed E-state index contributed by atoms with van der Waals surface area (Å²) in [6.45, 7) is 6.38. The summed E-state index contributed by atoms with van der Waals surface area (Å²) in [5, 5.41) is 16.1. The zero-order chi connectivity index (χ0) is 31.6. The fraction of sp³-hybridized carbons (Fsp3) is 0.484. The minimum Gasteiger partial charge on any atom is -0.345 e. The number of benzene rings is 2. The van der Waals surface area contributed by atoms with E-state index < -0.39 is 35.2 Å². The molecular weight excluding hydrogens is 578 g/mol. The molecule has 2 aromatic carbocycles. The Morgan fingerprint density at radius 3 is 2.43 bits per heavy atom. The van der Waals surface area contributed by atoms with Gasteiger partial charge in [0.25, 0.3) is 11.8 Å². The van der Waals surface area contributed by atoms with E-state index in [1.807, 2.05) is 6.92 Å². The Balaban J connectivity index is 1.49. The van der Waals surface area contributed by atoms with Crippen molar-refractivity contribution in [3.8, 4) is 0 Å². The van der Waals surface area contributed by atoms with E-state index in [4.69, 9.17) is 4.99 Å². The van der Waals surface area contributed by atoms with Crippen molar-refractivity contribution in [2.75, 3.05) is 0 Å². The van der Waals surface area contributed by atoms with Gasteiger partial charge < -0.3 is 10.2 Å². The van der Waals surface area contributed by atoms with Crippen molar-refractivity contribution in [3.63, 3.8) is 0 Å². The van der Waals surface area contributed by atoms with Gasteiger partial charge in [0.1, 0.15) is 17.2 Å². The van der Waals surface area contributed by atoms with Crippen molar-refractivity contribution < 1.29 is 27.2 Å². The number of aromatic amines is 1. The third-order valence-electron chi connectivity index (χ3n) is 8.69. The maximum atomic E-state index is 14.5. The van der Waals surface area contributed by atoms with E-state index in [-0.39, 0.29) is 23.7 Å². The molecule has 0 radical (unpaired) electrons. The van der Waals surface area contributed by atoms with Crippen LogP contribution in [0.25, 0.3) is 0 Å². The van der Waals surface area contributed by atoms with Crippen LogP contribution < -0.4 is 5.32 Å². The molecule has 44 heavy (non-hydrogen) atoms. The van der Waals surface area contributed by atoms with Crippen LogP contribution in [0.4, 0.5) is 17.6 Å². The van der Waals surface area contributed by atoms with Gasteiger partial charge in [-0.1, -0.05) is 44.5 Å². The second kappa shape index (κ2) is 12.4. The number of hydrogen-bond donors (Lipinski definition) is 2. The number of carbonyl (C=O) groups is 2. The molecule has 3 aromatic rings. The minimum atomic E-state index is -4.78. The number of tetrazole rings is 1. The van der Waals surface area contributed by atoms with E-state index in [1.54, 1.807) is 29.2 Å². The molecule has 0 saturated heterocycles. The fourth-order valence-electron chi connectivity index (χ4n) is 6.34. The molecule has 1 aromatic heterocycles. The molecule has 0 bridgehead atoms. The van der Waals surface area contributed by atoms with Gasteiger partial charge in [-0.3, -0.25) is 14.6 Å². The molecule has 2 N–H and O–H groups in total. The number of alkyl halides is 3. The summed E-state index contributed by atoms with van der Waals surface area (Å²) in [6.07, 6.45) is -0.826. The Bertz CT molecular complexity index is 1510. The molecule has 1 saturated carbocycles. The summed E-state index contributed by atoms with van der Waals surface area (Å²) in [7, 11) is 0. The SMILES string of the molecule is CCC[C@H](c1ccc(C(=O)NCc2nn[nH]n2)cc1)N1C(=O)C(c2cc(F)cc(C(F)(F)F)c2)=NC12CCC(C(C)C)CC2. The average Bonchev–Trinajstić information content (AvgIpc) is 3.61. The Morgan fingerprint density at radius 1 is 1.14 bits per heavy atom. The number of halogens is 4. The largest absolute Gasteiger partial charge is 0.416 e. The van der Waals surface area contributed by atoms with Crippen molar-refractivity contribution in [2.45, 2.75) is 83.7 Å². The van der Waals surface area contributed by atoms with Crippen molar-refractivity contribution >= 4 is 17.5 Å². The van der Waals surface area contributed by atoms with Crippen molar-refractivity contribution in [2.24, 2.45) is 16.8 Å². The van der Waals surface area contributed by atoms with Crippen LogP contribution in [0.3, 0.4) is 0 Å². The van der Waals surface area contributed by atoms with Crippen LogP contribution in [0.15, 0.2) is 47.5 Å². The van der Waals surface area contributed by atoms with Crippen LogP contribution in [0, 0.1) is 17.7 Å². The average molecular weight is 614 g/mol. The molecule has 1 fully saturated rings. The summed E-state index contributed by atoms with van der Waals surface area (Å²) < 4.78 is 55.2. The van der Waals surface area contributed by atoms with Gasteiger partial charge in [0.05, 0.1) is 18.2 Å². The number of nitrogens with one attached hydrogen (secondary N) is 2. The van der Waals surface area contributed by atoms with E-state index in [2.05, 4.69) is 39.8 Å². The highest BCUT2D eigenvalue weighted by atomic mass is 19.4. The number of H-pyrrole nitrogens is 1. The van der Waals surface area contributed by atoms with Crippen molar-refractivity contribution in [1.29, 1.82) is 0 Å². The van der Waals surface area contributed by atoms with Crippen molar-refractivity contribution in [3.05, 3.63) is 76.4 Å². The molecule has 0 unspecified atom stereocenters. The van der Waals surface area contributed by atoms with Crippen LogP contribution >= 0.6 is 0 Å². The molecule has 1 aliphatic heterocycles. The van der Waals surface area contributed by atoms with Gasteiger partial charge in [-0.25, -0.2) is 4.39 Å². The standard InChI is InChI=1S/C31H35F4N7O2/c1-4-5-25(20-6-8-21(9-7-20)28(43)36-17-26-38-40-41-39-26)42-29(44)27(22-14-23(31(33,34)35)16-24(32)15-22)37-30(42)12-10-19(11-13-30)18(2)3/h6-9,14-16,18-19,25H,4-5,10-13,17H2,1-3H3,(H,36,43)(H,38,39,40,41)/t19?,25-,30?/m1/s1. The Hall–Kier alpha value is -4.16. The Morgan fingerprint density at radius 2 is 1.84 bits per heavy atom. The minimum absolute atomic E-state index is 0.0912. The van der Waals surface area contributed by atoms with Crippen LogP contribution in [0.1, 0.15) is 98.2 Å². The first kappa shape index (κ1) is 31.3. The van der Waals surface area contributed by atoms with Crippen LogP contribution in [0.5, 0.6) is 0 Å². The number of aliphatic imine (C=N–C) groups is 1. The normalized spacial score (nSPS) is 21.2. The van der Waals surface area contributed by atoms with Gasteiger partial charge in [0.2, 0.25) is 0 Å². The predicted molar refractivity (Wildman–Crippen MR) is 154 cm³/mol. The maximum absolute atomic E-state index is 14.5. The number of hydrogen-bond acceptors (Lipinski definition) is 6. The summed E-state index contributed by atoms with van der Waals surface area (Å²) in [5.41, 5.74) is -1.31. The lowest BCUT2D eigenvalue weighted by atomic mass is 9.76. The van der Waals surface area contributed by atoms with Crippen LogP contribution in [-0.4, -0.2) is 48.7 Å². The van der Waals surface area contributed by atoms with E-state index in [0.29, 0.717) is 55.0 Å². The van der Waals surface area contributed by atoms with E-state index in [1.165, 1.54) is 0 Å². The Labute approximate surface area is 252 Å². The predicted octanol–water partition coefficient (Wildman–Crippen LogP) is 6.00. The van der Waals surface area contributed by atoms with Gasteiger partial charge in [-0.05, 0) is 79.8 Å². The zero-order valence-electron chi connectivity index (χ0n) is 24.8. The van der Waals surface area contributed by atoms with Crippen LogP contribution in [0.2, 0.25) is 0 Å². The fourth-order valence-corrected chi connectivity index (χ4v) is 6.34. The number of rotatable bonds is 9. The van der Waals surface area contributed by atoms with Crippen molar-refractivity contribution in [1.82, 2.24) is 30.8 Å². The monoisotopic (exact) mass is 613 g/mol. The topological polar surface area (TPSA) is 116 Å². The lowest BCUT2D eigenvalue weighted by molar-refractivity contribution is -0.138. The van der Waals surface area contributed by atoms with Gasteiger partial charge >= 0.3 is 6.18 Å². The lowest BCUT2D eigenvalue weighted by Crippen LogP contribution is -2.51. The molecule has 13 heteroatoms. The van der Waals surface area contributed by atoms with Gasteiger partial charge in [0.15, 0.2) is 5.82 Å². The summed E-state index contributed by atoms with van der Waals surface area (Å²) in [5.74, 6) is -0.751. The highest BCUT2D eigenvalue weighted by Crippen LogP contribution is 2.48. The van der Waals surface area contributed by atoms with Gasteiger partial charge in [0, 0.05) is 11.1 Å². The second-order valence-electron chi connectivity index (χ2n) is 11.9. The first-order valence-corrected chi connectivity index (χ1v) is 14.8. The Kier molecular flexibility index (Phi) is 8.85. The third kappa shape index (κ3) is 6.36. The molecular formula is C31H35F4N7O2. The summed E-state index contributed by atoms with van der Waals surface area (Å²) in [4.78, 5) is 33.5. The van der Waals surface area contributed by atoms with Gasteiger partial charge in [-0.15, -0.1) is 10.2 Å². The number of amides is 2. The number of carbonyl (C=O) groups excluding carboxylic acids is 2. The number of aromatic nitrogens is 4. The summed E-state index contributed by atoms with van der Waals surface area (Å²) in [6, 6.07) is 8.60. The van der Waals surface area contributed by atoms with E-state index in [0.717, 1.165) is 30.5 Å². The molecule has 1 atom stereocenters.